The van der Waals surface area contributed by atoms with Gasteiger partial charge in [0, 0.05) is 24.3 Å². The summed E-state index contributed by atoms with van der Waals surface area (Å²) < 4.78 is 13.3. The van der Waals surface area contributed by atoms with E-state index in [0.717, 1.165) is 36.9 Å². The maximum absolute atomic E-state index is 13.3. The van der Waals surface area contributed by atoms with Gasteiger partial charge in [-0.3, -0.25) is 0 Å². The highest BCUT2D eigenvalue weighted by Crippen LogP contribution is 2.40. The minimum absolute atomic E-state index is 0.180. The molecule has 2 saturated heterocycles. The summed E-state index contributed by atoms with van der Waals surface area (Å²) in [5.74, 6) is -0.233. The first-order valence-corrected chi connectivity index (χ1v) is 6.64. The monoisotopic (exact) mass is 250 g/mol. The fourth-order valence-electron chi connectivity index (χ4n) is 3.51. The van der Waals surface area contributed by atoms with E-state index in [9.17, 15) is 9.50 Å². The van der Waals surface area contributed by atoms with Gasteiger partial charge in [0.05, 0.1) is 6.10 Å². The number of aliphatic hydroxyl groups excluding tert-OH is 1. The fourth-order valence-corrected chi connectivity index (χ4v) is 3.51. The number of nitrogens with two attached hydrogens (primary N) is 1. The minimum Gasteiger partial charge on any atom is -0.393 e. The van der Waals surface area contributed by atoms with Crippen molar-refractivity contribution in [1.29, 1.82) is 0 Å². The maximum Gasteiger partial charge on any atom is 0.123 e. The Labute approximate surface area is 106 Å². The average molecular weight is 250 g/mol. The second-order valence-corrected chi connectivity index (χ2v) is 5.39. The molecule has 2 fully saturated rings. The third kappa shape index (κ3) is 1.89. The Kier molecular flexibility index (Phi) is 2.99. The van der Waals surface area contributed by atoms with Crippen LogP contribution in [0.15, 0.2) is 18.2 Å². The van der Waals surface area contributed by atoms with Crippen LogP contribution in [0.25, 0.3) is 0 Å². The minimum atomic E-state index is -0.233. The van der Waals surface area contributed by atoms with Crippen molar-refractivity contribution in [2.24, 2.45) is 5.73 Å². The number of hydrogen-bond acceptors (Lipinski definition) is 3. The Balaban J connectivity index is 1.96. The molecule has 2 heterocycles. The summed E-state index contributed by atoms with van der Waals surface area (Å²) >= 11 is 0. The lowest BCUT2D eigenvalue weighted by Crippen LogP contribution is -2.45. The van der Waals surface area contributed by atoms with Crippen LogP contribution in [0.3, 0.4) is 0 Å². The summed E-state index contributed by atoms with van der Waals surface area (Å²) in [5.41, 5.74) is 7.64. The van der Waals surface area contributed by atoms with Crippen LogP contribution in [0.5, 0.6) is 0 Å². The number of rotatable bonds is 2. The molecular weight excluding hydrogens is 231 g/mol. The zero-order valence-electron chi connectivity index (χ0n) is 10.3. The number of aliphatic hydroxyl groups is 1. The van der Waals surface area contributed by atoms with Crippen molar-refractivity contribution in [3.63, 3.8) is 0 Å². The Hall–Kier alpha value is -1.13. The van der Waals surface area contributed by atoms with Gasteiger partial charge in [0.1, 0.15) is 5.82 Å². The number of nitrogens with zero attached hydrogens (tertiary/aromatic N) is 1. The molecule has 2 aliphatic rings. The molecule has 2 bridgehead atoms. The van der Waals surface area contributed by atoms with Crippen LogP contribution in [-0.4, -0.2) is 23.3 Å². The van der Waals surface area contributed by atoms with Gasteiger partial charge in [0.15, 0.2) is 0 Å². The molecule has 3 nitrogen and oxygen atoms in total. The smallest absolute Gasteiger partial charge is 0.123 e. The molecule has 0 aromatic heterocycles. The first-order chi connectivity index (χ1) is 8.69. The van der Waals surface area contributed by atoms with E-state index in [1.165, 1.54) is 12.1 Å². The van der Waals surface area contributed by atoms with E-state index >= 15 is 0 Å². The summed E-state index contributed by atoms with van der Waals surface area (Å²) in [6, 6.07) is 5.63. The third-order valence-electron chi connectivity index (χ3n) is 4.25. The van der Waals surface area contributed by atoms with Crippen molar-refractivity contribution in [2.75, 3.05) is 4.90 Å². The number of benzene rings is 1. The number of halogens is 1. The second kappa shape index (κ2) is 4.52. The van der Waals surface area contributed by atoms with Gasteiger partial charge in [-0.1, -0.05) is 0 Å². The normalized spacial score (nSPS) is 30.8. The Morgan fingerprint density at radius 1 is 1.28 bits per heavy atom. The Morgan fingerprint density at radius 3 is 2.56 bits per heavy atom. The van der Waals surface area contributed by atoms with E-state index < -0.39 is 0 Å². The summed E-state index contributed by atoms with van der Waals surface area (Å²) in [6.45, 7) is 0.353. The van der Waals surface area contributed by atoms with Gasteiger partial charge in [0.25, 0.3) is 0 Å². The first-order valence-electron chi connectivity index (χ1n) is 6.64. The third-order valence-corrected chi connectivity index (χ3v) is 4.25. The van der Waals surface area contributed by atoms with Crippen LogP contribution in [0, 0.1) is 5.82 Å². The van der Waals surface area contributed by atoms with Crippen LogP contribution in [0.1, 0.15) is 31.2 Å². The molecule has 0 aliphatic carbocycles. The number of hydrogen-bond donors (Lipinski definition) is 2. The summed E-state index contributed by atoms with van der Waals surface area (Å²) in [5, 5.41) is 9.81. The summed E-state index contributed by atoms with van der Waals surface area (Å²) in [6.07, 6.45) is 3.68. The molecular formula is C14H19FN2O. The first kappa shape index (κ1) is 11.9. The van der Waals surface area contributed by atoms with Crippen molar-refractivity contribution in [3.8, 4) is 0 Å². The van der Waals surface area contributed by atoms with Crippen LogP contribution in [0.2, 0.25) is 0 Å². The number of fused-ring (bicyclic) bond motifs is 2. The SMILES string of the molecule is NCc1cc(F)ccc1N1C2CCC1CC(O)C2. The van der Waals surface area contributed by atoms with E-state index in [0.29, 0.717) is 18.6 Å². The summed E-state index contributed by atoms with van der Waals surface area (Å²) in [7, 11) is 0. The highest BCUT2D eigenvalue weighted by Gasteiger charge is 2.40. The van der Waals surface area contributed by atoms with Crippen LogP contribution in [-0.2, 0) is 6.54 Å². The van der Waals surface area contributed by atoms with Crippen molar-refractivity contribution >= 4 is 5.69 Å². The van der Waals surface area contributed by atoms with Gasteiger partial charge in [-0.25, -0.2) is 4.39 Å². The van der Waals surface area contributed by atoms with Crippen molar-refractivity contribution in [1.82, 2.24) is 0 Å². The van der Waals surface area contributed by atoms with Crippen LogP contribution < -0.4 is 10.6 Å². The maximum atomic E-state index is 13.3. The number of piperidine rings is 1. The van der Waals surface area contributed by atoms with E-state index in [-0.39, 0.29) is 11.9 Å². The van der Waals surface area contributed by atoms with Gasteiger partial charge in [-0.05, 0) is 49.4 Å². The standard InChI is InChI=1S/C14H19FN2O/c15-10-1-4-14(9(5-10)8-16)17-11-2-3-12(17)7-13(18)6-11/h1,4-5,11-13,18H,2-3,6-8,16H2. The molecule has 0 amide bonds. The zero-order valence-corrected chi connectivity index (χ0v) is 10.3. The van der Waals surface area contributed by atoms with Gasteiger partial charge in [-0.2, -0.15) is 0 Å². The molecule has 3 N–H and O–H groups in total. The van der Waals surface area contributed by atoms with E-state index in [4.69, 9.17) is 5.73 Å². The van der Waals surface area contributed by atoms with Gasteiger partial charge in [0.2, 0.25) is 0 Å². The number of anilines is 1. The molecule has 0 saturated carbocycles. The van der Waals surface area contributed by atoms with Crippen LogP contribution >= 0.6 is 0 Å². The largest absolute Gasteiger partial charge is 0.393 e. The molecule has 1 aromatic rings. The molecule has 3 rings (SSSR count). The van der Waals surface area contributed by atoms with Gasteiger partial charge >= 0.3 is 0 Å². The molecule has 2 unspecified atom stereocenters. The zero-order chi connectivity index (χ0) is 12.7. The average Bonchev–Trinajstić information content (AvgIpc) is 2.62. The molecule has 1 aromatic carbocycles. The lowest BCUT2D eigenvalue weighted by Gasteiger charge is -2.40. The molecule has 4 heteroatoms. The van der Waals surface area contributed by atoms with Crippen molar-refractivity contribution < 1.29 is 9.50 Å². The molecule has 0 radical (unpaired) electrons. The van der Waals surface area contributed by atoms with Crippen molar-refractivity contribution in [2.45, 2.75) is 50.4 Å². The molecule has 98 valence electrons. The highest BCUT2D eigenvalue weighted by atomic mass is 19.1. The van der Waals surface area contributed by atoms with Gasteiger partial charge < -0.3 is 15.7 Å². The molecule has 0 spiro atoms. The predicted molar refractivity (Wildman–Crippen MR) is 68.8 cm³/mol. The quantitative estimate of drug-likeness (QED) is 0.841. The molecule has 18 heavy (non-hydrogen) atoms. The molecule has 2 atom stereocenters. The Bertz CT molecular complexity index is 437. The van der Waals surface area contributed by atoms with E-state index in [2.05, 4.69) is 4.90 Å². The Morgan fingerprint density at radius 2 is 1.94 bits per heavy atom. The molecule has 2 aliphatic heterocycles. The topological polar surface area (TPSA) is 49.5 Å². The second-order valence-electron chi connectivity index (χ2n) is 5.39. The van der Waals surface area contributed by atoms with Gasteiger partial charge in [-0.15, -0.1) is 0 Å². The van der Waals surface area contributed by atoms with E-state index in [1.807, 2.05) is 6.07 Å². The fraction of sp³-hybridized carbons (Fsp3) is 0.571. The highest BCUT2D eigenvalue weighted by molar-refractivity contribution is 5.57. The summed E-state index contributed by atoms with van der Waals surface area (Å²) in [4.78, 5) is 2.36. The van der Waals surface area contributed by atoms with Crippen molar-refractivity contribution in [3.05, 3.63) is 29.6 Å². The van der Waals surface area contributed by atoms with E-state index in [1.54, 1.807) is 0 Å². The lowest BCUT2D eigenvalue weighted by molar-refractivity contribution is 0.126. The lowest BCUT2D eigenvalue weighted by atomic mass is 9.98. The van der Waals surface area contributed by atoms with Crippen LogP contribution in [0.4, 0.5) is 10.1 Å². The predicted octanol–water partition coefficient (Wildman–Crippen LogP) is 1.78.